The second-order valence-corrected chi connectivity index (χ2v) is 13.2. The quantitative estimate of drug-likeness (QED) is 0.242. The predicted molar refractivity (Wildman–Crippen MR) is 169 cm³/mol. The number of aryl methyl sites for hydroxylation is 2. The third-order valence-corrected chi connectivity index (χ3v) is 8.58. The van der Waals surface area contributed by atoms with E-state index in [1.807, 2.05) is 93.6 Å². The molecule has 0 bridgehead atoms. The second kappa shape index (κ2) is 15.2. The first-order valence-corrected chi connectivity index (χ1v) is 16.5. The minimum atomic E-state index is -3.57. The normalized spacial score (nSPS) is 12.0. The van der Waals surface area contributed by atoms with Crippen LogP contribution in [0.3, 0.4) is 0 Å². The number of rotatable bonds is 14. The summed E-state index contributed by atoms with van der Waals surface area (Å²) < 4.78 is 27.8. The molecule has 0 spiro atoms. The molecule has 0 aliphatic rings. The summed E-state index contributed by atoms with van der Waals surface area (Å²) >= 11 is 3.46. The van der Waals surface area contributed by atoms with Crippen LogP contribution in [-0.2, 0) is 32.6 Å². The summed E-state index contributed by atoms with van der Waals surface area (Å²) in [7, 11) is -3.57. The highest BCUT2D eigenvalue weighted by Gasteiger charge is 2.30. The van der Waals surface area contributed by atoms with E-state index in [4.69, 9.17) is 0 Å². The molecule has 2 amide bonds. The average molecular weight is 643 g/mol. The van der Waals surface area contributed by atoms with E-state index in [1.54, 1.807) is 4.90 Å². The third-order valence-electron chi connectivity index (χ3n) is 6.87. The topological polar surface area (TPSA) is 86.8 Å². The Hall–Kier alpha value is -3.17. The summed E-state index contributed by atoms with van der Waals surface area (Å²) in [4.78, 5) is 29.0. The third kappa shape index (κ3) is 9.71. The lowest BCUT2D eigenvalue weighted by Crippen LogP contribution is -2.50. The molecule has 0 saturated heterocycles. The lowest BCUT2D eigenvalue weighted by atomic mass is 10.0. The van der Waals surface area contributed by atoms with Gasteiger partial charge in [0.25, 0.3) is 0 Å². The minimum Gasteiger partial charge on any atom is -0.354 e. The van der Waals surface area contributed by atoms with Crippen molar-refractivity contribution in [1.29, 1.82) is 0 Å². The standard InChI is InChI=1S/C32H40BrN3O4S/c1-5-19-34-32(38)30(22-26-10-7-6-8-11-26)35(23-27-15-17-28(33)18-16-27)31(37)12-9-20-36(41(4,39)40)29-21-24(2)13-14-25(29)3/h6-8,10-11,13-18,21,30H,5,9,12,19-20,22-23H2,1-4H3,(H,34,38)/t30-/m0/s1. The number of carbonyl (C=O) groups is 2. The molecule has 0 aromatic heterocycles. The fourth-order valence-corrected chi connectivity index (χ4v) is 5.96. The highest BCUT2D eigenvalue weighted by Crippen LogP contribution is 2.25. The number of nitrogens with one attached hydrogen (secondary N) is 1. The summed E-state index contributed by atoms with van der Waals surface area (Å²) in [6.45, 7) is 6.72. The van der Waals surface area contributed by atoms with Crippen LogP contribution in [0.15, 0.2) is 77.3 Å². The fourth-order valence-electron chi connectivity index (χ4n) is 4.68. The minimum absolute atomic E-state index is 0.0970. The zero-order chi connectivity index (χ0) is 30.0. The van der Waals surface area contributed by atoms with Crippen molar-refractivity contribution >= 4 is 43.5 Å². The Morgan fingerprint density at radius 1 is 0.951 bits per heavy atom. The number of hydrogen-bond acceptors (Lipinski definition) is 4. The van der Waals surface area contributed by atoms with Crippen LogP contribution in [0.25, 0.3) is 0 Å². The summed E-state index contributed by atoms with van der Waals surface area (Å²) in [5.41, 5.74) is 4.28. The maximum atomic E-state index is 13.9. The zero-order valence-corrected chi connectivity index (χ0v) is 26.7. The molecule has 41 heavy (non-hydrogen) atoms. The number of halogens is 1. The smallest absolute Gasteiger partial charge is 0.243 e. The first kappa shape index (κ1) is 32.3. The summed E-state index contributed by atoms with van der Waals surface area (Å²) in [5, 5.41) is 2.98. The Morgan fingerprint density at radius 2 is 1.63 bits per heavy atom. The molecule has 0 aliphatic carbocycles. The van der Waals surface area contributed by atoms with Crippen LogP contribution in [0.5, 0.6) is 0 Å². The molecule has 1 atom stereocenters. The number of anilines is 1. The van der Waals surface area contributed by atoms with E-state index in [2.05, 4.69) is 21.2 Å². The summed E-state index contributed by atoms with van der Waals surface area (Å²) in [5.74, 6) is -0.399. The highest BCUT2D eigenvalue weighted by molar-refractivity contribution is 9.10. The van der Waals surface area contributed by atoms with Gasteiger partial charge in [-0.3, -0.25) is 13.9 Å². The molecular formula is C32H40BrN3O4S. The first-order valence-electron chi connectivity index (χ1n) is 13.9. The van der Waals surface area contributed by atoms with Gasteiger partial charge in [-0.15, -0.1) is 0 Å². The Morgan fingerprint density at radius 3 is 2.27 bits per heavy atom. The van der Waals surface area contributed by atoms with Gasteiger partial charge in [0, 0.05) is 36.9 Å². The van der Waals surface area contributed by atoms with Gasteiger partial charge in [-0.1, -0.05) is 77.5 Å². The molecule has 7 nitrogen and oxygen atoms in total. The maximum Gasteiger partial charge on any atom is 0.243 e. The number of sulfonamides is 1. The van der Waals surface area contributed by atoms with Gasteiger partial charge in [-0.05, 0) is 67.1 Å². The Kier molecular flexibility index (Phi) is 12.0. The molecule has 0 fully saturated rings. The van der Waals surface area contributed by atoms with Crippen LogP contribution in [0.2, 0.25) is 0 Å². The molecule has 9 heteroatoms. The van der Waals surface area contributed by atoms with E-state index in [9.17, 15) is 18.0 Å². The number of carbonyl (C=O) groups excluding carboxylic acids is 2. The molecule has 0 radical (unpaired) electrons. The van der Waals surface area contributed by atoms with Gasteiger partial charge in [0.15, 0.2) is 0 Å². The van der Waals surface area contributed by atoms with E-state index in [-0.39, 0.29) is 31.3 Å². The van der Waals surface area contributed by atoms with E-state index in [0.29, 0.717) is 25.1 Å². The number of hydrogen-bond donors (Lipinski definition) is 1. The van der Waals surface area contributed by atoms with Crippen molar-refractivity contribution in [3.05, 3.63) is 99.5 Å². The fraction of sp³-hybridized carbons (Fsp3) is 0.375. The zero-order valence-electron chi connectivity index (χ0n) is 24.3. The SMILES string of the molecule is CCCNC(=O)[C@H](Cc1ccccc1)N(Cc1ccc(Br)cc1)C(=O)CCCN(c1cc(C)ccc1C)S(C)(=O)=O. The number of nitrogens with zero attached hydrogens (tertiary/aromatic N) is 2. The molecule has 220 valence electrons. The number of benzene rings is 3. The first-order chi connectivity index (χ1) is 19.5. The molecule has 0 unspecified atom stereocenters. The molecule has 3 aromatic rings. The van der Waals surface area contributed by atoms with E-state index in [1.165, 1.54) is 10.6 Å². The monoisotopic (exact) mass is 641 g/mol. The molecule has 0 heterocycles. The molecule has 3 rings (SSSR count). The molecule has 0 saturated carbocycles. The summed E-state index contributed by atoms with van der Waals surface area (Å²) in [6, 6.07) is 22.3. The molecule has 1 N–H and O–H groups in total. The van der Waals surface area contributed by atoms with E-state index >= 15 is 0 Å². The van der Waals surface area contributed by atoms with Gasteiger partial charge >= 0.3 is 0 Å². The molecule has 3 aromatic carbocycles. The van der Waals surface area contributed by atoms with Crippen molar-refractivity contribution in [3.8, 4) is 0 Å². The lowest BCUT2D eigenvalue weighted by molar-refractivity contribution is -0.141. The van der Waals surface area contributed by atoms with Crippen LogP contribution in [0.4, 0.5) is 5.69 Å². The summed E-state index contributed by atoms with van der Waals surface area (Å²) in [6.07, 6.45) is 2.75. The van der Waals surface area contributed by atoms with Gasteiger partial charge in [0.05, 0.1) is 11.9 Å². The van der Waals surface area contributed by atoms with Crippen molar-refractivity contribution in [2.45, 2.75) is 59.0 Å². The van der Waals surface area contributed by atoms with Crippen LogP contribution in [0, 0.1) is 13.8 Å². The Labute approximate surface area is 253 Å². The molecule has 0 aliphatic heterocycles. The highest BCUT2D eigenvalue weighted by atomic mass is 79.9. The van der Waals surface area contributed by atoms with E-state index < -0.39 is 16.1 Å². The van der Waals surface area contributed by atoms with Crippen molar-refractivity contribution in [2.24, 2.45) is 0 Å². The maximum absolute atomic E-state index is 13.9. The van der Waals surface area contributed by atoms with Gasteiger partial charge < -0.3 is 10.2 Å². The van der Waals surface area contributed by atoms with Crippen LogP contribution < -0.4 is 9.62 Å². The van der Waals surface area contributed by atoms with Crippen molar-refractivity contribution < 1.29 is 18.0 Å². The van der Waals surface area contributed by atoms with Crippen LogP contribution in [0.1, 0.15) is 48.4 Å². The number of amides is 2. The Bertz CT molecular complexity index is 1410. The van der Waals surface area contributed by atoms with Gasteiger partial charge in [0.1, 0.15) is 6.04 Å². The van der Waals surface area contributed by atoms with Gasteiger partial charge in [0.2, 0.25) is 21.8 Å². The van der Waals surface area contributed by atoms with Gasteiger partial charge in [-0.25, -0.2) is 8.42 Å². The largest absolute Gasteiger partial charge is 0.354 e. The van der Waals surface area contributed by atoms with Crippen molar-refractivity contribution in [2.75, 3.05) is 23.7 Å². The average Bonchev–Trinajstić information content (AvgIpc) is 2.94. The predicted octanol–water partition coefficient (Wildman–Crippen LogP) is 5.78. The van der Waals surface area contributed by atoms with Crippen molar-refractivity contribution in [1.82, 2.24) is 10.2 Å². The van der Waals surface area contributed by atoms with E-state index in [0.717, 1.165) is 33.1 Å². The van der Waals surface area contributed by atoms with Crippen LogP contribution in [-0.4, -0.2) is 50.5 Å². The van der Waals surface area contributed by atoms with Gasteiger partial charge in [-0.2, -0.15) is 0 Å². The van der Waals surface area contributed by atoms with Crippen LogP contribution >= 0.6 is 15.9 Å². The Balaban J connectivity index is 1.88. The molecular weight excluding hydrogens is 602 g/mol. The lowest BCUT2D eigenvalue weighted by Gasteiger charge is -2.32. The second-order valence-electron chi connectivity index (χ2n) is 10.4. The van der Waals surface area contributed by atoms with Crippen molar-refractivity contribution in [3.63, 3.8) is 0 Å².